The van der Waals surface area contributed by atoms with Gasteiger partial charge in [0.1, 0.15) is 6.61 Å². The molecule has 5 nitrogen and oxygen atoms in total. The summed E-state index contributed by atoms with van der Waals surface area (Å²) < 4.78 is 11.6. The summed E-state index contributed by atoms with van der Waals surface area (Å²) in [6.07, 6.45) is 3.33. The predicted molar refractivity (Wildman–Crippen MR) is 103 cm³/mol. The van der Waals surface area contributed by atoms with Crippen molar-refractivity contribution in [1.29, 1.82) is 5.26 Å². The van der Waals surface area contributed by atoms with Crippen LogP contribution in [0.2, 0.25) is 0 Å². The number of nitrogens with zero attached hydrogens (tertiary/aromatic N) is 1. The number of nitriles is 1. The molecule has 1 N–H and O–H groups in total. The minimum atomic E-state index is -1.01. The molecule has 0 saturated heterocycles. The Morgan fingerprint density at radius 1 is 1.27 bits per heavy atom. The molecule has 0 atom stereocenters. The Hall–Kier alpha value is -3.04. The van der Waals surface area contributed by atoms with Gasteiger partial charge in [0.15, 0.2) is 11.5 Å². The maximum absolute atomic E-state index is 10.9. The molecule has 2 aromatic rings. The first-order chi connectivity index (χ1) is 12.5. The van der Waals surface area contributed by atoms with E-state index in [0.29, 0.717) is 29.2 Å². The highest BCUT2D eigenvalue weighted by Crippen LogP contribution is 2.35. The summed E-state index contributed by atoms with van der Waals surface area (Å²) in [5.41, 5.74) is 1.91. The van der Waals surface area contributed by atoms with Crippen molar-refractivity contribution in [3.05, 3.63) is 70.2 Å². The molecule has 26 heavy (non-hydrogen) atoms. The number of carboxylic acid groups (broad SMARTS) is 1. The van der Waals surface area contributed by atoms with Crippen molar-refractivity contribution in [1.82, 2.24) is 0 Å². The number of aromatic carboxylic acids is 1. The first-order valence-corrected chi connectivity index (χ1v) is 8.36. The Bertz CT molecular complexity index is 895. The third-order valence-corrected chi connectivity index (χ3v) is 4.19. The van der Waals surface area contributed by atoms with Gasteiger partial charge < -0.3 is 14.6 Å². The Morgan fingerprint density at radius 2 is 1.92 bits per heavy atom. The van der Waals surface area contributed by atoms with Crippen molar-refractivity contribution < 1.29 is 19.4 Å². The van der Waals surface area contributed by atoms with E-state index in [4.69, 9.17) is 14.6 Å². The van der Waals surface area contributed by atoms with Crippen LogP contribution in [0.5, 0.6) is 11.5 Å². The van der Waals surface area contributed by atoms with Crippen LogP contribution in [0.1, 0.15) is 21.5 Å². The van der Waals surface area contributed by atoms with Gasteiger partial charge in [-0.2, -0.15) is 5.26 Å². The van der Waals surface area contributed by atoms with Crippen molar-refractivity contribution >= 4 is 33.5 Å². The second-order valence-electron chi connectivity index (χ2n) is 5.18. The third kappa shape index (κ3) is 4.52. The maximum Gasteiger partial charge on any atom is 0.335 e. The number of hydrogen-bond acceptors (Lipinski definition) is 4. The minimum Gasteiger partial charge on any atom is -0.493 e. The molecule has 0 fully saturated rings. The fourth-order valence-corrected chi connectivity index (χ4v) is 2.65. The highest BCUT2D eigenvalue weighted by Gasteiger charge is 2.11. The Kier molecular flexibility index (Phi) is 6.59. The van der Waals surface area contributed by atoms with Crippen LogP contribution in [0, 0.1) is 11.3 Å². The predicted octanol–water partition coefficient (Wildman–Crippen LogP) is 4.78. The zero-order valence-electron chi connectivity index (χ0n) is 14.0. The molecular weight excluding hydrogens is 398 g/mol. The SMILES string of the molecule is C=CCOc1cc(Br)c(/C=C(/C#N)c2ccc(C(=O)O)cc2)cc1OC. The van der Waals surface area contributed by atoms with E-state index in [2.05, 4.69) is 28.6 Å². The monoisotopic (exact) mass is 413 g/mol. The average molecular weight is 414 g/mol. The summed E-state index contributed by atoms with van der Waals surface area (Å²) in [5, 5.41) is 18.5. The highest BCUT2D eigenvalue weighted by molar-refractivity contribution is 9.10. The van der Waals surface area contributed by atoms with E-state index >= 15 is 0 Å². The minimum absolute atomic E-state index is 0.164. The van der Waals surface area contributed by atoms with Crippen LogP contribution in [-0.2, 0) is 0 Å². The van der Waals surface area contributed by atoms with Gasteiger partial charge in [-0.1, -0.05) is 40.7 Å². The molecule has 132 valence electrons. The number of benzene rings is 2. The lowest BCUT2D eigenvalue weighted by atomic mass is 10.0. The van der Waals surface area contributed by atoms with Crippen LogP contribution in [-0.4, -0.2) is 24.8 Å². The van der Waals surface area contributed by atoms with Crippen LogP contribution in [0.25, 0.3) is 11.6 Å². The highest BCUT2D eigenvalue weighted by atomic mass is 79.9. The standard InChI is InChI=1S/C20H16BrNO4/c1-3-8-26-19-11-17(21)15(10-18(19)25-2)9-16(12-22)13-4-6-14(7-5-13)20(23)24/h3-7,9-11H,1,8H2,2H3,(H,23,24)/b16-9-. The number of ether oxygens (including phenoxy) is 2. The molecule has 0 heterocycles. The molecule has 2 aromatic carbocycles. The van der Waals surface area contributed by atoms with Gasteiger partial charge in [0.05, 0.1) is 24.3 Å². The number of carboxylic acids is 1. The van der Waals surface area contributed by atoms with E-state index in [0.717, 1.165) is 10.0 Å². The first-order valence-electron chi connectivity index (χ1n) is 7.57. The summed E-state index contributed by atoms with van der Waals surface area (Å²) in [6, 6.07) is 11.8. The van der Waals surface area contributed by atoms with E-state index in [9.17, 15) is 10.1 Å². The zero-order chi connectivity index (χ0) is 19.1. The van der Waals surface area contributed by atoms with Gasteiger partial charge >= 0.3 is 5.97 Å². The van der Waals surface area contributed by atoms with E-state index in [1.165, 1.54) is 19.2 Å². The number of halogens is 1. The topological polar surface area (TPSA) is 79.5 Å². The van der Waals surface area contributed by atoms with E-state index in [1.807, 2.05) is 0 Å². The lowest BCUT2D eigenvalue weighted by molar-refractivity contribution is 0.0697. The summed E-state index contributed by atoms with van der Waals surface area (Å²) >= 11 is 3.47. The molecule has 6 heteroatoms. The molecule has 0 aromatic heterocycles. The normalized spacial score (nSPS) is 10.7. The van der Waals surface area contributed by atoms with Crippen LogP contribution >= 0.6 is 15.9 Å². The molecule has 0 aliphatic rings. The molecular formula is C20H16BrNO4. The molecule has 0 saturated carbocycles. The van der Waals surface area contributed by atoms with Gasteiger partial charge in [0.2, 0.25) is 0 Å². The molecule has 2 rings (SSSR count). The number of allylic oxidation sites excluding steroid dienone is 1. The van der Waals surface area contributed by atoms with Crippen LogP contribution in [0.15, 0.2) is 53.5 Å². The van der Waals surface area contributed by atoms with Crippen molar-refractivity contribution in [2.24, 2.45) is 0 Å². The molecule has 0 aliphatic carbocycles. The number of carbonyl (C=O) groups is 1. The summed E-state index contributed by atoms with van der Waals surface area (Å²) in [5.74, 6) is 0.0715. The first kappa shape index (κ1) is 19.3. The Balaban J connectivity index is 2.43. The number of hydrogen-bond donors (Lipinski definition) is 1. The fourth-order valence-electron chi connectivity index (χ4n) is 2.21. The summed E-state index contributed by atoms with van der Waals surface area (Å²) in [4.78, 5) is 10.9. The quantitative estimate of drug-likeness (QED) is 0.401. The largest absolute Gasteiger partial charge is 0.493 e. The molecule has 0 unspecified atom stereocenters. The smallest absolute Gasteiger partial charge is 0.335 e. The van der Waals surface area contributed by atoms with Gasteiger partial charge in [-0.15, -0.1) is 0 Å². The molecule has 0 aliphatic heterocycles. The lowest BCUT2D eigenvalue weighted by Gasteiger charge is -2.12. The van der Waals surface area contributed by atoms with Gasteiger partial charge in [-0.3, -0.25) is 0 Å². The van der Waals surface area contributed by atoms with Gasteiger partial charge in [-0.25, -0.2) is 4.79 Å². The van der Waals surface area contributed by atoms with Crippen molar-refractivity contribution in [2.75, 3.05) is 13.7 Å². The van der Waals surface area contributed by atoms with E-state index in [1.54, 1.807) is 36.4 Å². The van der Waals surface area contributed by atoms with E-state index in [-0.39, 0.29) is 5.56 Å². The molecule has 0 amide bonds. The lowest BCUT2D eigenvalue weighted by Crippen LogP contribution is -1.97. The Morgan fingerprint density at radius 3 is 2.46 bits per heavy atom. The molecule has 0 radical (unpaired) electrons. The molecule has 0 bridgehead atoms. The summed E-state index contributed by atoms with van der Waals surface area (Å²) in [7, 11) is 1.54. The van der Waals surface area contributed by atoms with Crippen molar-refractivity contribution in [2.45, 2.75) is 0 Å². The van der Waals surface area contributed by atoms with Crippen LogP contribution in [0.4, 0.5) is 0 Å². The van der Waals surface area contributed by atoms with Gasteiger partial charge in [-0.05, 0) is 41.5 Å². The number of methoxy groups -OCH3 is 1. The fraction of sp³-hybridized carbons (Fsp3) is 0.100. The van der Waals surface area contributed by atoms with Crippen molar-refractivity contribution in [3.63, 3.8) is 0 Å². The Labute approximate surface area is 159 Å². The van der Waals surface area contributed by atoms with Gasteiger partial charge in [0, 0.05) is 4.47 Å². The summed E-state index contributed by atoms with van der Waals surface area (Å²) in [6.45, 7) is 3.96. The maximum atomic E-state index is 10.9. The zero-order valence-corrected chi connectivity index (χ0v) is 15.6. The van der Waals surface area contributed by atoms with Crippen LogP contribution in [0.3, 0.4) is 0 Å². The second kappa shape index (κ2) is 8.88. The van der Waals surface area contributed by atoms with Crippen LogP contribution < -0.4 is 9.47 Å². The van der Waals surface area contributed by atoms with Gasteiger partial charge in [0.25, 0.3) is 0 Å². The molecule has 0 spiro atoms. The average Bonchev–Trinajstić information content (AvgIpc) is 2.65. The number of rotatable bonds is 7. The van der Waals surface area contributed by atoms with Crippen molar-refractivity contribution in [3.8, 4) is 17.6 Å². The second-order valence-corrected chi connectivity index (χ2v) is 6.03. The van der Waals surface area contributed by atoms with E-state index < -0.39 is 5.97 Å². The third-order valence-electron chi connectivity index (χ3n) is 3.50.